The van der Waals surface area contributed by atoms with E-state index in [1.165, 1.54) is 6.21 Å². The number of nitrogens with zero attached hydrogens (tertiary/aromatic N) is 1. The first-order chi connectivity index (χ1) is 10.7. The summed E-state index contributed by atoms with van der Waals surface area (Å²) < 4.78 is 5.20. The summed E-state index contributed by atoms with van der Waals surface area (Å²) in [6, 6.07) is 14.2. The van der Waals surface area contributed by atoms with Gasteiger partial charge in [0, 0.05) is 11.6 Å². The summed E-state index contributed by atoms with van der Waals surface area (Å²) in [4.78, 5) is 19.1. The monoisotopic (exact) mass is 294 g/mol. The number of para-hydroxylation sites is 3. The number of pyridine rings is 1. The third kappa shape index (κ3) is 2.44. The third-order valence-corrected chi connectivity index (χ3v) is 3.35. The molecule has 0 aliphatic heterocycles. The first-order valence-corrected chi connectivity index (χ1v) is 6.72. The van der Waals surface area contributed by atoms with E-state index < -0.39 is 5.56 Å². The molecule has 0 radical (unpaired) electrons. The van der Waals surface area contributed by atoms with Crippen molar-refractivity contribution in [2.75, 3.05) is 7.11 Å². The lowest BCUT2D eigenvalue weighted by Gasteiger charge is -2.05. The Labute approximate surface area is 126 Å². The summed E-state index contributed by atoms with van der Waals surface area (Å²) in [6.07, 6.45) is 1.35. The van der Waals surface area contributed by atoms with Crippen molar-refractivity contribution in [2.45, 2.75) is 0 Å². The Hall–Kier alpha value is -3.08. The van der Waals surface area contributed by atoms with Gasteiger partial charge in [0.05, 0.1) is 12.6 Å². The van der Waals surface area contributed by atoms with Crippen molar-refractivity contribution in [3.8, 4) is 11.5 Å². The smallest absolute Gasteiger partial charge is 0.261 e. The van der Waals surface area contributed by atoms with Gasteiger partial charge in [0.25, 0.3) is 5.56 Å². The van der Waals surface area contributed by atoms with Gasteiger partial charge in [0.15, 0.2) is 0 Å². The Bertz CT molecular complexity index is 913. The summed E-state index contributed by atoms with van der Waals surface area (Å²) in [5, 5.41) is 10.9. The number of hydrogen-bond donors (Lipinski definition) is 2. The lowest BCUT2D eigenvalue weighted by atomic mass is 10.1. The molecule has 0 amide bonds. The highest BCUT2D eigenvalue weighted by Gasteiger charge is 2.09. The van der Waals surface area contributed by atoms with E-state index >= 15 is 0 Å². The van der Waals surface area contributed by atoms with Crippen LogP contribution in [-0.2, 0) is 0 Å². The summed E-state index contributed by atoms with van der Waals surface area (Å²) in [6.45, 7) is 0. The number of benzene rings is 2. The highest BCUT2D eigenvalue weighted by Crippen LogP contribution is 2.27. The van der Waals surface area contributed by atoms with Gasteiger partial charge >= 0.3 is 0 Å². The van der Waals surface area contributed by atoms with Crippen LogP contribution in [0.2, 0.25) is 0 Å². The van der Waals surface area contributed by atoms with Gasteiger partial charge < -0.3 is 14.8 Å². The molecular weight excluding hydrogens is 280 g/mol. The summed E-state index contributed by atoms with van der Waals surface area (Å²) in [5.41, 5.74) is 0.885. The molecule has 110 valence electrons. The van der Waals surface area contributed by atoms with Crippen LogP contribution >= 0.6 is 0 Å². The van der Waals surface area contributed by atoms with E-state index in [2.05, 4.69) is 9.98 Å². The largest absolute Gasteiger partial charge is 0.506 e. The quantitative estimate of drug-likeness (QED) is 0.729. The average molecular weight is 294 g/mol. The molecule has 0 fully saturated rings. The SMILES string of the molecule is COc1ccccc1N=Cc1c(O)c2ccccc2[nH]c1=O. The van der Waals surface area contributed by atoms with Gasteiger partial charge in [-0.15, -0.1) is 0 Å². The molecule has 0 saturated heterocycles. The standard InChI is InChI=1S/C17H14N2O3/c1-22-15-9-5-4-8-14(15)18-10-12-16(20)11-6-2-3-7-13(11)19-17(12)21/h2-10H,1H3,(H2,19,20,21). The van der Waals surface area contributed by atoms with Crippen LogP contribution in [0.4, 0.5) is 5.69 Å². The second-order valence-corrected chi connectivity index (χ2v) is 4.69. The van der Waals surface area contributed by atoms with Crippen LogP contribution in [-0.4, -0.2) is 23.4 Å². The van der Waals surface area contributed by atoms with E-state index in [0.717, 1.165) is 0 Å². The first kappa shape index (κ1) is 13.9. The second-order valence-electron chi connectivity index (χ2n) is 4.69. The molecule has 2 aromatic carbocycles. The molecule has 0 spiro atoms. The van der Waals surface area contributed by atoms with Crippen LogP contribution in [0.1, 0.15) is 5.56 Å². The fourth-order valence-electron chi connectivity index (χ4n) is 2.23. The summed E-state index contributed by atoms with van der Waals surface area (Å²) in [7, 11) is 1.55. The molecule has 3 rings (SSSR count). The minimum absolute atomic E-state index is 0.0852. The van der Waals surface area contributed by atoms with Crippen LogP contribution in [0, 0.1) is 0 Å². The number of rotatable bonds is 3. The second kappa shape index (κ2) is 5.73. The van der Waals surface area contributed by atoms with E-state index in [1.54, 1.807) is 43.5 Å². The number of fused-ring (bicyclic) bond motifs is 1. The molecule has 5 heteroatoms. The van der Waals surface area contributed by atoms with Gasteiger partial charge in [0.2, 0.25) is 0 Å². The van der Waals surface area contributed by atoms with E-state index in [1.807, 2.05) is 12.1 Å². The van der Waals surface area contributed by atoms with Gasteiger partial charge in [-0.25, -0.2) is 0 Å². The van der Waals surface area contributed by atoms with Crippen molar-refractivity contribution in [1.29, 1.82) is 0 Å². The topological polar surface area (TPSA) is 74.7 Å². The number of aromatic nitrogens is 1. The maximum absolute atomic E-state index is 12.1. The summed E-state index contributed by atoms with van der Waals surface area (Å²) in [5.74, 6) is 0.508. The normalized spacial score (nSPS) is 11.1. The Balaban J connectivity index is 2.11. The highest BCUT2D eigenvalue weighted by atomic mass is 16.5. The molecule has 0 atom stereocenters. The molecule has 5 nitrogen and oxygen atoms in total. The first-order valence-electron chi connectivity index (χ1n) is 6.72. The number of nitrogens with one attached hydrogen (secondary N) is 1. The molecule has 0 aliphatic carbocycles. The van der Waals surface area contributed by atoms with Crippen LogP contribution in [0.25, 0.3) is 10.9 Å². The maximum Gasteiger partial charge on any atom is 0.261 e. The number of hydrogen-bond acceptors (Lipinski definition) is 4. The molecule has 0 unspecified atom stereocenters. The molecule has 0 aliphatic rings. The lowest BCUT2D eigenvalue weighted by Crippen LogP contribution is -2.12. The zero-order valence-electron chi connectivity index (χ0n) is 11.9. The predicted molar refractivity (Wildman–Crippen MR) is 86.5 cm³/mol. The number of H-pyrrole nitrogens is 1. The molecule has 3 aromatic rings. The van der Waals surface area contributed by atoms with Crippen LogP contribution in [0.3, 0.4) is 0 Å². The van der Waals surface area contributed by atoms with E-state index in [9.17, 15) is 9.90 Å². The molecule has 0 bridgehead atoms. The van der Waals surface area contributed by atoms with Crippen LogP contribution in [0.5, 0.6) is 11.5 Å². The maximum atomic E-state index is 12.1. The minimum Gasteiger partial charge on any atom is -0.506 e. The molecule has 2 N–H and O–H groups in total. The molecular formula is C17H14N2O3. The Morgan fingerprint density at radius 1 is 1.14 bits per heavy atom. The van der Waals surface area contributed by atoms with Gasteiger partial charge in [-0.2, -0.15) is 0 Å². The Morgan fingerprint density at radius 3 is 2.68 bits per heavy atom. The third-order valence-electron chi connectivity index (χ3n) is 3.35. The fraction of sp³-hybridized carbons (Fsp3) is 0.0588. The minimum atomic E-state index is -0.394. The van der Waals surface area contributed by atoms with Gasteiger partial charge in [-0.05, 0) is 24.3 Å². The zero-order valence-corrected chi connectivity index (χ0v) is 11.9. The number of aromatic amines is 1. The van der Waals surface area contributed by atoms with Crippen LogP contribution < -0.4 is 10.3 Å². The van der Waals surface area contributed by atoms with Gasteiger partial charge in [0.1, 0.15) is 22.7 Å². The molecule has 0 saturated carbocycles. The van der Waals surface area contributed by atoms with E-state index in [4.69, 9.17) is 4.74 Å². The number of methoxy groups -OCH3 is 1. The Morgan fingerprint density at radius 2 is 1.86 bits per heavy atom. The Kier molecular flexibility index (Phi) is 3.62. The number of aliphatic imine (C=N–C) groups is 1. The molecule has 22 heavy (non-hydrogen) atoms. The highest BCUT2D eigenvalue weighted by molar-refractivity contribution is 5.95. The van der Waals surface area contributed by atoms with Crippen LogP contribution in [0.15, 0.2) is 58.3 Å². The lowest BCUT2D eigenvalue weighted by molar-refractivity contribution is 0.416. The van der Waals surface area contributed by atoms with Gasteiger partial charge in [-0.1, -0.05) is 24.3 Å². The van der Waals surface area contributed by atoms with Crippen molar-refractivity contribution in [1.82, 2.24) is 4.98 Å². The van der Waals surface area contributed by atoms with E-state index in [0.29, 0.717) is 22.3 Å². The van der Waals surface area contributed by atoms with Crippen molar-refractivity contribution in [2.24, 2.45) is 4.99 Å². The predicted octanol–water partition coefficient (Wildman–Crippen LogP) is 2.99. The zero-order chi connectivity index (χ0) is 15.5. The molecule has 1 aromatic heterocycles. The summed E-state index contributed by atoms with van der Waals surface area (Å²) >= 11 is 0. The van der Waals surface area contributed by atoms with Crippen molar-refractivity contribution < 1.29 is 9.84 Å². The fourth-order valence-corrected chi connectivity index (χ4v) is 2.23. The van der Waals surface area contributed by atoms with Crippen molar-refractivity contribution >= 4 is 22.8 Å². The van der Waals surface area contributed by atoms with Crippen molar-refractivity contribution in [3.05, 3.63) is 64.4 Å². The van der Waals surface area contributed by atoms with E-state index in [-0.39, 0.29) is 11.3 Å². The average Bonchev–Trinajstić information content (AvgIpc) is 2.55. The number of aromatic hydroxyl groups is 1. The van der Waals surface area contributed by atoms with Crippen molar-refractivity contribution in [3.63, 3.8) is 0 Å². The number of ether oxygens (including phenoxy) is 1. The van der Waals surface area contributed by atoms with Gasteiger partial charge in [-0.3, -0.25) is 9.79 Å². The molecule has 1 heterocycles.